The minimum absolute atomic E-state index is 0.0839. The van der Waals surface area contributed by atoms with E-state index in [1.807, 2.05) is 4.57 Å². The molecule has 1 amide bonds. The molecule has 0 spiro atoms. The highest BCUT2D eigenvalue weighted by molar-refractivity contribution is 6.33. The topological polar surface area (TPSA) is 86.9 Å². The highest BCUT2D eigenvalue weighted by atomic mass is 35.5. The van der Waals surface area contributed by atoms with Crippen molar-refractivity contribution < 1.29 is 4.79 Å². The van der Waals surface area contributed by atoms with Gasteiger partial charge in [-0.15, -0.1) is 0 Å². The summed E-state index contributed by atoms with van der Waals surface area (Å²) < 4.78 is 1.99. The van der Waals surface area contributed by atoms with Gasteiger partial charge in [0.05, 0.1) is 5.02 Å². The first-order chi connectivity index (χ1) is 9.78. The summed E-state index contributed by atoms with van der Waals surface area (Å²) in [7, 11) is 0. The number of hydrogen-bond donors (Lipinski definition) is 2. The van der Waals surface area contributed by atoms with Gasteiger partial charge in [0.1, 0.15) is 11.5 Å². The molecule has 0 fully saturated rings. The van der Waals surface area contributed by atoms with Crippen molar-refractivity contribution in [3.8, 4) is 11.1 Å². The smallest absolute Gasteiger partial charge is 0.265 e. The zero-order valence-corrected chi connectivity index (χ0v) is 12.7. The number of carbonyl (C=O) groups excluding carboxylic acids is 1. The van der Waals surface area contributed by atoms with Crippen molar-refractivity contribution in [3.63, 3.8) is 0 Å². The minimum atomic E-state index is -0.432. The lowest BCUT2D eigenvalue weighted by atomic mass is 9.89. The molecule has 1 aliphatic rings. The van der Waals surface area contributed by atoms with Crippen molar-refractivity contribution in [3.05, 3.63) is 34.7 Å². The predicted molar refractivity (Wildman–Crippen MR) is 83.1 cm³/mol. The number of amides is 1. The zero-order valence-electron chi connectivity index (χ0n) is 12.0. The van der Waals surface area contributed by atoms with E-state index in [9.17, 15) is 4.79 Å². The maximum atomic E-state index is 11.7. The Kier molecular flexibility index (Phi) is 2.99. The van der Waals surface area contributed by atoms with Crippen molar-refractivity contribution in [2.24, 2.45) is 11.1 Å². The molecule has 110 valence electrons. The lowest BCUT2D eigenvalue weighted by molar-refractivity contribution is 0.0990. The molecule has 0 saturated carbocycles. The van der Waals surface area contributed by atoms with Crippen LogP contribution in [0.15, 0.2) is 18.3 Å². The van der Waals surface area contributed by atoms with Crippen LogP contribution in [0.1, 0.15) is 30.0 Å². The number of hydrogen-bond acceptors (Lipinski definition) is 3. The average molecular weight is 305 g/mol. The monoisotopic (exact) mass is 304 g/mol. The SMILES string of the molecule is CC1(C)Cc2c(-c3cc(N)ncc3Cl)cc(C(N)=O)n2C1. The summed E-state index contributed by atoms with van der Waals surface area (Å²) in [6.07, 6.45) is 2.38. The highest BCUT2D eigenvalue weighted by Crippen LogP contribution is 2.41. The van der Waals surface area contributed by atoms with Gasteiger partial charge in [0.25, 0.3) is 5.91 Å². The fraction of sp³-hybridized carbons (Fsp3) is 0.333. The van der Waals surface area contributed by atoms with E-state index < -0.39 is 5.91 Å². The van der Waals surface area contributed by atoms with Crippen LogP contribution in [0.2, 0.25) is 5.02 Å². The molecular formula is C15H17ClN4O. The third kappa shape index (κ3) is 2.27. The van der Waals surface area contributed by atoms with E-state index in [4.69, 9.17) is 23.1 Å². The molecule has 21 heavy (non-hydrogen) atoms. The molecule has 5 nitrogen and oxygen atoms in total. The van der Waals surface area contributed by atoms with Gasteiger partial charge in [0.2, 0.25) is 0 Å². The first-order valence-corrected chi connectivity index (χ1v) is 7.10. The van der Waals surface area contributed by atoms with Gasteiger partial charge >= 0.3 is 0 Å². The molecule has 0 radical (unpaired) electrons. The second kappa shape index (κ2) is 4.49. The van der Waals surface area contributed by atoms with Crippen LogP contribution in [-0.2, 0) is 13.0 Å². The summed E-state index contributed by atoms with van der Waals surface area (Å²) in [5.74, 6) is -0.0365. The largest absolute Gasteiger partial charge is 0.384 e. The predicted octanol–water partition coefficient (Wildman–Crippen LogP) is 2.47. The number of halogens is 1. The van der Waals surface area contributed by atoms with Gasteiger partial charge < -0.3 is 16.0 Å². The van der Waals surface area contributed by atoms with Crippen molar-refractivity contribution in [1.82, 2.24) is 9.55 Å². The van der Waals surface area contributed by atoms with Crippen LogP contribution >= 0.6 is 11.6 Å². The molecule has 3 heterocycles. The molecule has 4 N–H and O–H groups in total. The molecule has 0 saturated heterocycles. The van der Waals surface area contributed by atoms with Gasteiger partial charge in [0.15, 0.2) is 0 Å². The quantitative estimate of drug-likeness (QED) is 0.893. The lowest BCUT2D eigenvalue weighted by Gasteiger charge is -2.16. The summed E-state index contributed by atoms with van der Waals surface area (Å²) in [5, 5.41) is 0.512. The Morgan fingerprint density at radius 3 is 2.76 bits per heavy atom. The first-order valence-electron chi connectivity index (χ1n) is 6.72. The summed E-state index contributed by atoms with van der Waals surface area (Å²) in [4.78, 5) is 15.7. The van der Waals surface area contributed by atoms with Gasteiger partial charge in [-0.25, -0.2) is 4.98 Å². The summed E-state index contributed by atoms with van der Waals surface area (Å²) in [6.45, 7) is 5.09. The number of carbonyl (C=O) groups is 1. The van der Waals surface area contributed by atoms with Crippen LogP contribution in [0.5, 0.6) is 0 Å². The maximum absolute atomic E-state index is 11.7. The number of pyridine rings is 1. The summed E-state index contributed by atoms with van der Waals surface area (Å²) >= 11 is 6.25. The van der Waals surface area contributed by atoms with Gasteiger partial charge in [-0.05, 0) is 24.0 Å². The molecule has 0 aromatic carbocycles. The molecule has 3 rings (SSSR count). The van der Waals surface area contributed by atoms with E-state index in [0.717, 1.165) is 29.8 Å². The number of fused-ring (bicyclic) bond motifs is 1. The van der Waals surface area contributed by atoms with E-state index in [1.54, 1.807) is 12.1 Å². The Bertz CT molecular complexity index is 748. The first kappa shape index (κ1) is 13.9. The van der Waals surface area contributed by atoms with Crippen LogP contribution in [0.4, 0.5) is 5.82 Å². The number of nitrogens with two attached hydrogens (primary N) is 2. The number of nitrogen functional groups attached to an aromatic ring is 1. The Hall–Kier alpha value is -2.01. The molecule has 0 atom stereocenters. The van der Waals surface area contributed by atoms with E-state index in [2.05, 4.69) is 18.8 Å². The Morgan fingerprint density at radius 2 is 2.10 bits per heavy atom. The lowest BCUT2D eigenvalue weighted by Crippen LogP contribution is -2.19. The van der Waals surface area contributed by atoms with Crippen LogP contribution in [-0.4, -0.2) is 15.5 Å². The third-order valence-electron chi connectivity index (χ3n) is 3.86. The van der Waals surface area contributed by atoms with E-state index >= 15 is 0 Å². The molecule has 2 aromatic rings. The number of primary amides is 1. The highest BCUT2D eigenvalue weighted by Gasteiger charge is 2.34. The molecule has 1 aliphatic heterocycles. The summed E-state index contributed by atoms with van der Waals surface area (Å²) in [5.41, 5.74) is 14.6. The van der Waals surface area contributed by atoms with Crippen LogP contribution in [0.3, 0.4) is 0 Å². The van der Waals surface area contributed by atoms with Crippen LogP contribution < -0.4 is 11.5 Å². The van der Waals surface area contributed by atoms with Gasteiger partial charge in [-0.3, -0.25) is 4.79 Å². The fourth-order valence-electron chi connectivity index (χ4n) is 3.00. The van der Waals surface area contributed by atoms with Crippen molar-refractivity contribution in [2.75, 3.05) is 5.73 Å². The maximum Gasteiger partial charge on any atom is 0.265 e. The summed E-state index contributed by atoms with van der Waals surface area (Å²) in [6, 6.07) is 3.53. The molecular weight excluding hydrogens is 288 g/mol. The molecule has 0 unspecified atom stereocenters. The van der Waals surface area contributed by atoms with Crippen molar-refractivity contribution in [2.45, 2.75) is 26.8 Å². The van der Waals surface area contributed by atoms with Crippen LogP contribution in [0, 0.1) is 5.41 Å². The zero-order chi connectivity index (χ0) is 15.4. The van der Waals surface area contributed by atoms with Crippen LogP contribution in [0.25, 0.3) is 11.1 Å². The van der Waals surface area contributed by atoms with E-state index in [-0.39, 0.29) is 5.41 Å². The molecule has 6 heteroatoms. The fourth-order valence-corrected chi connectivity index (χ4v) is 3.20. The van der Waals surface area contributed by atoms with Gasteiger partial charge in [-0.1, -0.05) is 25.4 Å². The second-order valence-electron chi connectivity index (χ2n) is 6.27. The Morgan fingerprint density at radius 1 is 1.38 bits per heavy atom. The second-order valence-corrected chi connectivity index (χ2v) is 6.68. The molecule has 2 aromatic heterocycles. The van der Waals surface area contributed by atoms with E-state index in [0.29, 0.717) is 16.5 Å². The van der Waals surface area contributed by atoms with Gasteiger partial charge in [-0.2, -0.15) is 0 Å². The Labute approximate surface area is 127 Å². The van der Waals surface area contributed by atoms with Gasteiger partial charge in [0, 0.05) is 29.6 Å². The minimum Gasteiger partial charge on any atom is -0.384 e. The average Bonchev–Trinajstić information content (AvgIpc) is 2.85. The normalized spacial score (nSPS) is 16.0. The van der Waals surface area contributed by atoms with Crippen molar-refractivity contribution in [1.29, 1.82) is 0 Å². The number of nitrogens with zero attached hydrogens (tertiary/aromatic N) is 2. The van der Waals surface area contributed by atoms with E-state index in [1.165, 1.54) is 6.20 Å². The number of anilines is 1. The number of aromatic nitrogens is 2. The Balaban J connectivity index is 2.24. The number of rotatable bonds is 2. The van der Waals surface area contributed by atoms with Crippen molar-refractivity contribution >= 4 is 23.3 Å². The standard InChI is InChI=1S/C15H17ClN4O/c1-15(2)5-12-9(3-11(14(18)21)20(12)7-15)8-4-13(17)19-6-10(8)16/h3-4,6H,5,7H2,1-2H3,(H2,17,19)(H2,18,21). The third-order valence-corrected chi connectivity index (χ3v) is 4.16. The molecule has 0 aliphatic carbocycles. The molecule has 0 bridgehead atoms.